The van der Waals surface area contributed by atoms with E-state index >= 15 is 0 Å². The number of benzene rings is 1. The first kappa shape index (κ1) is 13.7. The van der Waals surface area contributed by atoms with E-state index in [0.29, 0.717) is 13.1 Å². The van der Waals surface area contributed by atoms with Gasteiger partial charge in [0.15, 0.2) is 0 Å². The van der Waals surface area contributed by atoms with Crippen molar-refractivity contribution in [1.29, 1.82) is 0 Å². The minimum atomic E-state index is -3.86. The van der Waals surface area contributed by atoms with Crippen LogP contribution in [0.25, 0.3) is 0 Å². The Balaban J connectivity index is 2.53. The minimum Gasteiger partial charge on any atom is -0.392 e. The summed E-state index contributed by atoms with van der Waals surface area (Å²) in [5.41, 5.74) is -0.111. The smallest absolute Gasteiger partial charge is 0.246 e. The number of halogens is 2. The van der Waals surface area contributed by atoms with Crippen molar-refractivity contribution in [2.45, 2.75) is 24.3 Å². The third kappa shape index (κ3) is 2.38. The van der Waals surface area contributed by atoms with Crippen molar-refractivity contribution in [1.82, 2.24) is 4.31 Å². The molecule has 0 amide bonds. The second-order valence-electron chi connectivity index (χ2n) is 4.15. The summed E-state index contributed by atoms with van der Waals surface area (Å²) in [5, 5.41) is 9.09. The molecule has 1 aliphatic rings. The van der Waals surface area contributed by atoms with Crippen LogP contribution in [0.3, 0.4) is 0 Å². The fourth-order valence-corrected chi connectivity index (χ4v) is 3.94. The zero-order chi connectivity index (χ0) is 13.3. The lowest BCUT2D eigenvalue weighted by atomic mass is 10.2. The van der Waals surface area contributed by atoms with E-state index in [9.17, 15) is 12.8 Å². The summed E-state index contributed by atoms with van der Waals surface area (Å²) in [6, 6.07) is 2.31. The average Bonchev–Trinajstić information content (AvgIpc) is 2.85. The van der Waals surface area contributed by atoms with E-state index in [0.717, 1.165) is 18.9 Å². The lowest BCUT2D eigenvalue weighted by Crippen LogP contribution is -2.28. The molecule has 0 aliphatic carbocycles. The number of aliphatic hydroxyl groups is 1. The van der Waals surface area contributed by atoms with E-state index in [-0.39, 0.29) is 10.6 Å². The Kier molecular flexibility index (Phi) is 3.91. The van der Waals surface area contributed by atoms with Crippen molar-refractivity contribution >= 4 is 21.6 Å². The molecule has 0 spiro atoms. The topological polar surface area (TPSA) is 57.6 Å². The summed E-state index contributed by atoms with van der Waals surface area (Å²) in [5.74, 6) is -0.922. The summed E-state index contributed by atoms with van der Waals surface area (Å²) in [4.78, 5) is -0.457. The lowest BCUT2D eigenvalue weighted by molar-refractivity contribution is 0.274. The Labute approximate surface area is 110 Å². The van der Waals surface area contributed by atoms with E-state index < -0.39 is 27.3 Å². The lowest BCUT2D eigenvalue weighted by Gasteiger charge is -2.17. The van der Waals surface area contributed by atoms with Crippen LogP contribution in [0.5, 0.6) is 0 Å². The highest BCUT2D eigenvalue weighted by atomic mass is 35.5. The van der Waals surface area contributed by atoms with E-state index in [4.69, 9.17) is 16.7 Å². The van der Waals surface area contributed by atoms with E-state index in [1.54, 1.807) is 0 Å². The van der Waals surface area contributed by atoms with Crippen LogP contribution in [0.2, 0.25) is 5.02 Å². The molecule has 1 saturated heterocycles. The monoisotopic (exact) mass is 293 g/mol. The van der Waals surface area contributed by atoms with Crippen molar-refractivity contribution in [3.05, 3.63) is 28.5 Å². The maximum Gasteiger partial charge on any atom is 0.246 e. The SMILES string of the molecule is O=S(=O)(c1cc(Cl)cc(CO)c1F)N1CCCC1. The molecular formula is C11H13ClFNO3S. The minimum absolute atomic E-state index is 0.0956. The predicted octanol–water partition coefficient (Wildman–Crippen LogP) is 1.76. The third-order valence-electron chi connectivity index (χ3n) is 2.93. The van der Waals surface area contributed by atoms with Crippen LogP contribution in [0.1, 0.15) is 18.4 Å². The molecule has 0 bridgehead atoms. The fraction of sp³-hybridized carbons (Fsp3) is 0.455. The van der Waals surface area contributed by atoms with Crippen molar-refractivity contribution < 1.29 is 17.9 Å². The molecular weight excluding hydrogens is 281 g/mol. The molecule has 0 saturated carbocycles. The van der Waals surface area contributed by atoms with Gasteiger partial charge in [0.1, 0.15) is 10.7 Å². The largest absolute Gasteiger partial charge is 0.392 e. The van der Waals surface area contributed by atoms with Gasteiger partial charge >= 0.3 is 0 Å². The van der Waals surface area contributed by atoms with Crippen molar-refractivity contribution in [2.75, 3.05) is 13.1 Å². The van der Waals surface area contributed by atoms with Crippen molar-refractivity contribution in [2.24, 2.45) is 0 Å². The molecule has 4 nitrogen and oxygen atoms in total. The van der Waals surface area contributed by atoms with Crippen LogP contribution in [-0.2, 0) is 16.6 Å². The third-order valence-corrected chi connectivity index (χ3v) is 5.05. The molecule has 1 aromatic rings. The normalized spacial score (nSPS) is 17.3. The Hall–Kier alpha value is -0.690. The standard InChI is InChI=1S/C11H13ClFNO3S/c12-9-5-8(7-15)11(13)10(6-9)18(16,17)14-3-1-2-4-14/h5-6,15H,1-4,7H2. The zero-order valence-corrected chi connectivity index (χ0v) is 11.1. The molecule has 1 aliphatic heterocycles. The number of nitrogens with zero attached hydrogens (tertiary/aromatic N) is 1. The van der Waals surface area contributed by atoms with Crippen LogP contribution >= 0.6 is 11.6 Å². The predicted molar refractivity (Wildman–Crippen MR) is 65.3 cm³/mol. The van der Waals surface area contributed by atoms with Gasteiger partial charge in [0, 0.05) is 23.7 Å². The van der Waals surface area contributed by atoms with Crippen LogP contribution in [-0.4, -0.2) is 30.9 Å². The Bertz CT molecular complexity index is 556. The molecule has 100 valence electrons. The molecule has 1 aromatic carbocycles. The molecule has 0 radical (unpaired) electrons. The van der Waals surface area contributed by atoms with Gasteiger partial charge in [-0.25, -0.2) is 12.8 Å². The quantitative estimate of drug-likeness (QED) is 0.924. The fourth-order valence-electron chi connectivity index (χ4n) is 1.99. The number of aliphatic hydroxyl groups excluding tert-OH is 1. The average molecular weight is 294 g/mol. The molecule has 0 atom stereocenters. The molecule has 7 heteroatoms. The second kappa shape index (κ2) is 5.13. The summed E-state index contributed by atoms with van der Waals surface area (Å²) in [6.07, 6.45) is 1.54. The van der Waals surface area contributed by atoms with Gasteiger partial charge in [0.05, 0.1) is 6.61 Å². The zero-order valence-electron chi connectivity index (χ0n) is 9.57. The molecule has 2 rings (SSSR count). The Morgan fingerprint density at radius 1 is 1.33 bits per heavy atom. The van der Waals surface area contributed by atoms with Gasteiger partial charge in [0.2, 0.25) is 10.0 Å². The van der Waals surface area contributed by atoms with Crippen LogP contribution in [0.15, 0.2) is 17.0 Å². The Morgan fingerprint density at radius 2 is 1.94 bits per heavy atom. The second-order valence-corrected chi connectivity index (χ2v) is 6.49. The number of sulfonamides is 1. The highest BCUT2D eigenvalue weighted by Gasteiger charge is 2.30. The maximum absolute atomic E-state index is 14.0. The molecule has 1 fully saturated rings. The number of hydrogen-bond donors (Lipinski definition) is 1. The highest BCUT2D eigenvalue weighted by molar-refractivity contribution is 7.89. The first-order valence-electron chi connectivity index (χ1n) is 5.55. The van der Waals surface area contributed by atoms with E-state index in [1.807, 2.05) is 0 Å². The van der Waals surface area contributed by atoms with Gasteiger partial charge in [-0.1, -0.05) is 11.6 Å². The molecule has 0 unspecified atom stereocenters. The van der Waals surface area contributed by atoms with Gasteiger partial charge < -0.3 is 5.11 Å². The van der Waals surface area contributed by atoms with Gasteiger partial charge in [-0.15, -0.1) is 0 Å². The first-order chi connectivity index (χ1) is 8.46. The maximum atomic E-state index is 14.0. The first-order valence-corrected chi connectivity index (χ1v) is 7.37. The van der Waals surface area contributed by atoms with Gasteiger partial charge in [-0.3, -0.25) is 0 Å². The van der Waals surface area contributed by atoms with E-state index in [2.05, 4.69) is 0 Å². The van der Waals surface area contributed by atoms with Crippen molar-refractivity contribution in [3.8, 4) is 0 Å². The highest BCUT2D eigenvalue weighted by Crippen LogP contribution is 2.28. The molecule has 1 N–H and O–H groups in total. The van der Waals surface area contributed by atoms with Crippen LogP contribution < -0.4 is 0 Å². The summed E-state index contributed by atoms with van der Waals surface area (Å²) >= 11 is 5.75. The molecule has 18 heavy (non-hydrogen) atoms. The van der Waals surface area contributed by atoms with Gasteiger partial charge in [0.25, 0.3) is 0 Å². The molecule has 0 aromatic heterocycles. The van der Waals surface area contributed by atoms with Crippen molar-refractivity contribution in [3.63, 3.8) is 0 Å². The summed E-state index contributed by atoms with van der Waals surface area (Å²) in [7, 11) is -3.86. The molecule has 1 heterocycles. The van der Waals surface area contributed by atoms with Crippen LogP contribution in [0.4, 0.5) is 4.39 Å². The Morgan fingerprint density at radius 3 is 2.50 bits per heavy atom. The number of hydrogen-bond acceptors (Lipinski definition) is 3. The summed E-state index contributed by atoms with van der Waals surface area (Å²) < 4.78 is 39.7. The van der Waals surface area contributed by atoms with Crippen LogP contribution in [0, 0.1) is 5.82 Å². The number of rotatable bonds is 3. The van der Waals surface area contributed by atoms with E-state index in [1.165, 1.54) is 10.4 Å². The van der Waals surface area contributed by atoms with Gasteiger partial charge in [-0.05, 0) is 25.0 Å². The van der Waals surface area contributed by atoms with Gasteiger partial charge in [-0.2, -0.15) is 4.31 Å². The summed E-state index contributed by atoms with van der Waals surface area (Å²) in [6.45, 7) is 0.195.